The number of carbonyl (C=O) groups is 2. The maximum Gasteiger partial charge on any atom is 0.276 e. The molecule has 0 radical (unpaired) electrons. The zero-order valence-electron chi connectivity index (χ0n) is 11.5. The fourth-order valence-electron chi connectivity index (χ4n) is 2.42. The van der Waals surface area contributed by atoms with E-state index in [2.05, 4.69) is 10.5 Å². The lowest BCUT2D eigenvalue weighted by molar-refractivity contribution is -0.127. The summed E-state index contributed by atoms with van der Waals surface area (Å²) in [6, 6.07) is 5.01. The first-order valence-electron chi connectivity index (χ1n) is 6.80. The van der Waals surface area contributed by atoms with E-state index in [1.54, 1.807) is 11.0 Å². The van der Waals surface area contributed by atoms with Gasteiger partial charge in [-0.05, 0) is 17.9 Å². The maximum atomic E-state index is 12.5. The van der Waals surface area contributed by atoms with E-state index in [1.165, 1.54) is 11.3 Å². The lowest BCUT2D eigenvalue weighted by Gasteiger charge is -2.33. The second-order valence-electron chi connectivity index (χ2n) is 4.77. The van der Waals surface area contributed by atoms with Crippen molar-refractivity contribution < 1.29 is 14.1 Å². The van der Waals surface area contributed by atoms with Crippen LogP contribution in [0.2, 0.25) is 0 Å². The zero-order valence-corrected chi connectivity index (χ0v) is 12.4. The number of thiophene rings is 1. The molecular formula is C14H15N3O3S. The lowest BCUT2D eigenvalue weighted by atomic mass is 10.1. The normalized spacial score (nSPS) is 18.6. The van der Waals surface area contributed by atoms with Crippen LogP contribution in [-0.4, -0.2) is 41.0 Å². The van der Waals surface area contributed by atoms with Crippen LogP contribution < -0.4 is 5.32 Å². The number of aromatic nitrogens is 1. The van der Waals surface area contributed by atoms with Crippen LogP contribution in [-0.2, 0) is 4.79 Å². The highest BCUT2D eigenvalue weighted by atomic mass is 32.1. The molecule has 7 heteroatoms. The van der Waals surface area contributed by atoms with Crippen molar-refractivity contribution in [2.45, 2.75) is 19.4 Å². The van der Waals surface area contributed by atoms with Crippen LogP contribution in [0.1, 0.15) is 23.8 Å². The Labute approximate surface area is 125 Å². The highest BCUT2D eigenvalue weighted by molar-refractivity contribution is 7.13. The highest BCUT2D eigenvalue weighted by Gasteiger charge is 2.33. The predicted molar refractivity (Wildman–Crippen MR) is 77.9 cm³/mol. The molecule has 1 atom stereocenters. The Morgan fingerprint density at radius 3 is 3.19 bits per heavy atom. The Hall–Kier alpha value is -2.15. The Balaban J connectivity index is 1.83. The Morgan fingerprint density at radius 2 is 2.48 bits per heavy atom. The predicted octanol–water partition coefficient (Wildman–Crippen LogP) is 1.75. The molecule has 1 N–H and O–H groups in total. The summed E-state index contributed by atoms with van der Waals surface area (Å²) in [6.07, 6.45) is 0.577. The molecule has 21 heavy (non-hydrogen) atoms. The largest absolute Gasteiger partial charge is 0.355 e. The van der Waals surface area contributed by atoms with Gasteiger partial charge >= 0.3 is 0 Å². The van der Waals surface area contributed by atoms with E-state index >= 15 is 0 Å². The molecule has 0 bridgehead atoms. The molecular weight excluding hydrogens is 290 g/mol. The third-order valence-electron chi connectivity index (χ3n) is 3.47. The number of rotatable bonds is 3. The maximum absolute atomic E-state index is 12.5. The van der Waals surface area contributed by atoms with Crippen molar-refractivity contribution in [1.82, 2.24) is 15.4 Å². The van der Waals surface area contributed by atoms with E-state index in [4.69, 9.17) is 4.52 Å². The Morgan fingerprint density at radius 1 is 1.62 bits per heavy atom. The van der Waals surface area contributed by atoms with Crippen LogP contribution in [0.4, 0.5) is 0 Å². The van der Waals surface area contributed by atoms with Crippen molar-refractivity contribution >= 4 is 23.2 Å². The van der Waals surface area contributed by atoms with Gasteiger partial charge in [0.15, 0.2) is 11.5 Å². The SMILES string of the molecule is CCC1C(=O)NCCN1C(=O)c1cc(-c2cccs2)on1. The molecule has 2 amide bonds. The number of hydrogen-bond acceptors (Lipinski definition) is 5. The highest BCUT2D eigenvalue weighted by Crippen LogP contribution is 2.26. The summed E-state index contributed by atoms with van der Waals surface area (Å²) < 4.78 is 5.23. The number of nitrogens with zero attached hydrogens (tertiary/aromatic N) is 2. The molecule has 1 fully saturated rings. The number of nitrogens with one attached hydrogen (secondary N) is 1. The summed E-state index contributed by atoms with van der Waals surface area (Å²) in [4.78, 5) is 26.8. The summed E-state index contributed by atoms with van der Waals surface area (Å²) in [5, 5.41) is 8.55. The fraction of sp³-hybridized carbons (Fsp3) is 0.357. The van der Waals surface area contributed by atoms with Crippen LogP contribution in [0, 0.1) is 0 Å². The molecule has 1 saturated heterocycles. The molecule has 0 saturated carbocycles. The molecule has 6 nitrogen and oxygen atoms in total. The van der Waals surface area contributed by atoms with Gasteiger partial charge < -0.3 is 14.7 Å². The van der Waals surface area contributed by atoms with E-state index in [1.807, 2.05) is 24.4 Å². The summed E-state index contributed by atoms with van der Waals surface area (Å²) >= 11 is 1.52. The van der Waals surface area contributed by atoms with Crippen molar-refractivity contribution in [2.75, 3.05) is 13.1 Å². The minimum absolute atomic E-state index is 0.112. The second kappa shape index (κ2) is 5.69. The third kappa shape index (κ3) is 2.56. The van der Waals surface area contributed by atoms with Gasteiger partial charge in [0.05, 0.1) is 4.88 Å². The Bertz CT molecular complexity index is 650. The van der Waals surface area contributed by atoms with Crippen LogP contribution >= 0.6 is 11.3 Å². The topological polar surface area (TPSA) is 75.4 Å². The van der Waals surface area contributed by atoms with Crippen molar-refractivity contribution in [1.29, 1.82) is 0 Å². The Kier molecular flexibility index (Phi) is 3.74. The van der Waals surface area contributed by atoms with Gasteiger partial charge in [-0.2, -0.15) is 0 Å². The molecule has 1 aliphatic heterocycles. The molecule has 0 aromatic carbocycles. The van der Waals surface area contributed by atoms with Crippen molar-refractivity contribution in [2.24, 2.45) is 0 Å². The number of piperazine rings is 1. The second-order valence-corrected chi connectivity index (χ2v) is 5.72. The van der Waals surface area contributed by atoms with Crippen molar-refractivity contribution in [3.8, 4) is 10.6 Å². The van der Waals surface area contributed by atoms with Gasteiger partial charge in [0.1, 0.15) is 6.04 Å². The van der Waals surface area contributed by atoms with E-state index < -0.39 is 6.04 Å². The average molecular weight is 305 g/mol. The molecule has 0 spiro atoms. The summed E-state index contributed by atoms with van der Waals surface area (Å²) in [6.45, 7) is 2.84. The first-order chi connectivity index (χ1) is 10.2. The van der Waals surface area contributed by atoms with E-state index in [0.29, 0.717) is 25.3 Å². The number of carbonyl (C=O) groups excluding carboxylic acids is 2. The third-order valence-corrected chi connectivity index (χ3v) is 4.36. The van der Waals surface area contributed by atoms with E-state index in [9.17, 15) is 9.59 Å². The van der Waals surface area contributed by atoms with Gasteiger partial charge in [-0.3, -0.25) is 9.59 Å². The summed E-state index contributed by atoms with van der Waals surface area (Å²) in [5.74, 6) is 0.199. The molecule has 110 valence electrons. The first kappa shape index (κ1) is 13.8. The molecule has 2 aromatic rings. The lowest BCUT2D eigenvalue weighted by Crippen LogP contribution is -2.56. The summed E-state index contributed by atoms with van der Waals surface area (Å²) in [7, 11) is 0. The van der Waals surface area contributed by atoms with Gasteiger partial charge in [0.2, 0.25) is 5.91 Å². The quantitative estimate of drug-likeness (QED) is 0.937. The number of hydrogen-bond donors (Lipinski definition) is 1. The standard InChI is InChI=1S/C14H15N3O3S/c1-2-10-13(18)15-5-6-17(10)14(19)9-8-11(20-16-9)12-4-3-7-21-12/h3-4,7-8,10H,2,5-6H2,1H3,(H,15,18). The average Bonchev–Trinajstić information content (AvgIpc) is 3.16. The first-order valence-corrected chi connectivity index (χ1v) is 7.68. The van der Waals surface area contributed by atoms with Gasteiger partial charge in [-0.15, -0.1) is 11.3 Å². The van der Waals surface area contributed by atoms with Crippen LogP contribution in [0.25, 0.3) is 10.6 Å². The minimum Gasteiger partial charge on any atom is -0.355 e. The monoisotopic (exact) mass is 305 g/mol. The summed E-state index contributed by atoms with van der Waals surface area (Å²) in [5.41, 5.74) is 0.242. The smallest absolute Gasteiger partial charge is 0.276 e. The van der Waals surface area contributed by atoms with E-state index in [0.717, 1.165) is 4.88 Å². The molecule has 1 aliphatic rings. The van der Waals surface area contributed by atoms with E-state index in [-0.39, 0.29) is 17.5 Å². The van der Waals surface area contributed by atoms with Crippen molar-refractivity contribution in [3.63, 3.8) is 0 Å². The van der Waals surface area contributed by atoms with Gasteiger partial charge in [0.25, 0.3) is 5.91 Å². The van der Waals surface area contributed by atoms with Crippen LogP contribution in [0.15, 0.2) is 28.1 Å². The van der Waals surface area contributed by atoms with Gasteiger partial charge in [0, 0.05) is 19.2 Å². The van der Waals surface area contributed by atoms with Crippen LogP contribution in [0.5, 0.6) is 0 Å². The molecule has 2 aromatic heterocycles. The fourth-order valence-corrected chi connectivity index (χ4v) is 3.09. The molecule has 3 heterocycles. The van der Waals surface area contributed by atoms with Gasteiger partial charge in [-0.25, -0.2) is 0 Å². The van der Waals surface area contributed by atoms with Gasteiger partial charge in [-0.1, -0.05) is 18.1 Å². The van der Waals surface area contributed by atoms with Crippen LogP contribution in [0.3, 0.4) is 0 Å². The van der Waals surface area contributed by atoms with Crippen molar-refractivity contribution in [3.05, 3.63) is 29.3 Å². The molecule has 1 unspecified atom stereocenters. The minimum atomic E-state index is -0.437. The molecule has 0 aliphatic carbocycles. The zero-order chi connectivity index (χ0) is 14.8. The number of amides is 2. The molecule has 3 rings (SSSR count).